The minimum atomic E-state index is -1.20. The molecule has 0 aliphatic carbocycles. The molecule has 1 aromatic rings. The number of hydrogen-bond acceptors (Lipinski definition) is 3. The Bertz CT molecular complexity index is 475. The Labute approximate surface area is 107 Å². The van der Waals surface area contributed by atoms with Gasteiger partial charge in [-0.15, -0.1) is 0 Å². The summed E-state index contributed by atoms with van der Waals surface area (Å²) in [5.41, 5.74) is 5.23. The average Bonchev–Trinajstić information content (AvgIpc) is 2.25. The van der Waals surface area contributed by atoms with Crippen molar-refractivity contribution in [2.45, 2.75) is 0 Å². The highest BCUT2D eigenvalue weighted by Crippen LogP contribution is 2.24. The van der Waals surface area contributed by atoms with Crippen LogP contribution in [0.15, 0.2) is 30.4 Å². The van der Waals surface area contributed by atoms with E-state index in [0.717, 1.165) is 12.2 Å². The number of anilines is 1. The van der Waals surface area contributed by atoms with Gasteiger partial charge in [0.15, 0.2) is 0 Å². The second-order valence-electron chi connectivity index (χ2n) is 2.91. The number of nitrogens with one attached hydrogen (secondary N) is 2. The van der Waals surface area contributed by atoms with Crippen molar-refractivity contribution in [3.05, 3.63) is 40.4 Å². The van der Waals surface area contributed by atoms with E-state index in [1.54, 1.807) is 12.1 Å². The first-order chi connectivity index (χ1) is 7.99. The van der Waals surface area contributed by atoms with Gasteiger partial charge in [0.25, 0.3) is 5.91 Å². The highest BCUT2D eigenvalue weighted by molar-refractivity contribution is 6.36. The van der Waals surface area contributed by atoms with E-state index in [9.17, 15) is 9.59 Å². The molecule has 1 aromatic carbocycles. The molecule has 3 N–H and O–H groups in total. The van der Waals surface area contributed by atoms with Crippen molar-refractivity contribution in [3.8, 4) is 0 Å². The zero-order chi connectivity index (χ0) is 12.8. The Balaban J connectivity index is 2.56. The molecule has 0 saturated heterocycles. The molecule has 0 heterocycles. The van der Waals surface area contributed by atoms with Gasteiger partial charge in [-0.1, -0.05) is 23.2 Å². The number of carbonyl (C=O) groups excluding carboxylic acids is 1. The average molecular weight is 275 g/mol. The van der Waals surface area contributed by atoms with Crippen molar-refractivity contribution in [2.75, 3.05) is 5.43 Å². The van der Waals surface area contributed by atoms with Gasteiger partial charge in [-0.25, -0.2) is 4.79 Å². The van der Waals surface area contributed by atoms with Crippen molar-refractivity contribution in [2.24, 2.45) is 0 Å². The van der Waals surface area contributed by atoms with E-state index in [-0.39, 0.29) is 0 Å². The Hall–Kier alpha value is -1.72. The predicted octanol–water partition coefficient (Wildman–Crippen LogP) is 2.08. The topological polar surface area (TPSA) is 78.4 Å². The SMILES string of the molecule is O=C(O)C=CC(=O)NNc1ccc(Cl)cc1Cl. The van der Waals surface area contributed by atoms with Gasteiger partial charge >= 0.3 is 5.97 Å². The van der Waals surface area contributed by atoms with Crippen LogP contribution in [-0.2, 0) is 9.59 Å². The van der Waals surface area contributed by atoms with E-state index >= 15 is 0 Å². The quantitative estimate of drug-likeness (QED) is 0.580. The van der Waals surface area contributed by atoms with E-state index in [1.165, 1.54) is 6.07 Å². The van der Waals surface area contributed by atoms with Crippen LogP contribution in [0.25, 0.3) is 0 Å². The smallest absolute Gasteiger partial charge is 0.328 e. The molecular weight excluding hydrogens is 267 g/mol. The van der Waals surface area contributed by atoms with Crippen molar-refractivity contribution in [1.29, 1.82) is 0 Å². The maximum Gasteiger partial charge on any atom is 0.328 e. The number of carboxylic acid groups (broad SMARTS) is 1. The monoisotopic (exact) mass is 274 g/mol. The lowest BCUT2D eigenvalue weighted by atomic mass is 10.3. The third kappa shape index (κ3) is 4.76. The van der Waals surface area contributed by atoms with Crippen LogP contribution in [0.2, 0.25) is 10.0 Å². The molecule has 1 rings (SSSR count). The molecule has 5 nitrogen and oxygen atoms in total. The minimum Gasteiger partial charge on any atom is -0.478 e. The fraction of sp³-hybridized carbons (Fsp3) is 0. The van der Waals surface area contributed by atoms with E-state index in [1.807, 2.05) is 0 Å². The Morgan fingerprint density at radius 3 is 2.53 bits per heavy atom. The van der Waals surface area contributed by atoms with Crippen molar-refractivity contribution >= 4 is 40.8 Å². The molecule has 17 heavy (non-hydrogen) atoms. The predicted molar refractivity (Wildman–Crippen MR) is 65.0 cm³/mol. The molecule has 0 unspecified atom stereocenters. The summed E-state index contributed by atoms with van der Waals surface area (Å²) in [6.07, 6.45) is 1.60. The first-order valence-electron chi connectivity index (χ1n) is 4.41. The fourth-order valence-corrected chi connectivity index (χ4v) is 1.36. The van der Waals surface area contributed by atoms with E-state index in [2.05, 4.69) is 10.9 Å². The lowest BCUT2D eigenvalue weighted by Gasteiger charge is -2.08. The normalized spacial score (nSPS) is 10.2. The van der Waals surface area contributed by atoms with Gasteiger partial charge in [0.1, 0.15) is 0 Å². The lowest BCUT2D eigenvalue weighted by molar-refractivity contribution is -0.131. The number of carboxylic acids is 1. The van der Waals surface area contributed by atoms with Crippen LogP contribution in [0.5, 0.6) is 0 Å². The number of aliphatic carboxylic acids is 1. The van der Waals surface area contributed by atoms with Gasteiger partial charge in [0, 0.05) is 17.2 Å². The number of hydrogen-bond donors (Lipinski definition) is 3. The number of benzene rings is 1. The summed E-state index contributed by atoms with van der Waals surface area (Å²) in [7, 11) is 0. The Morgan fingerprint density at radius 2 is 1.94 bits per heavy atom. The maximum atomic E-state index is 11.1. The summed E-state index contributed by atoms with van der Waals surface area (Å²) in [5.74, 6) is -1.82. The van der Waals surface area contributed by atoms with Crippen LogP contribution in [0.1, 0.15) is 0 Å². The van der Waals surface area contributed by atoms with Gasteiger partial charge in [-0.3, -0.25) is 15.6 Å². The van der Waals surface area contributed by atoms with Crippen LogP contribution < -0.4 is 10.9 Å². The second-order valence-corrected chi connectivity index (χ2v) is 3.75. The van der Waals surface area contributed by atoms with E-state index < -0.39 is 11.9 Å². The van der Waals surface area contributed by atoms with E-state index in [0.29, 0.717) is 15.7 Å². The number of hydrazine groups is 1. The molecule has 0 fully saturated rings. The zero-order valence-corrected chi connectivity index (χ0v) is 9.92. The van der Waals surface area contributed by atoms with Crippen LogP contribution in [0.3, 0.4) is 0 Å². The first kappa shape index (κ1) is 13.3. The molecule has 0 aliphatic heterocycles. The van der Waals surface area contributed by atoms with Gasteiger partial charge < -0.3 is 5.11 Å². The van der Waals surface area contributed by atoms with Gasteiger partial charge in [-0.2, -0.15) is 0 Å². The Kier molecular flexibility index (Phi) is 4.81. The molecule has 90 valence electrons. The summed E-state index contributed by atoms with van der Waals surface area (Å²) in [6.45, 7) is 0. The molecule has 1 amide bonds. The maximum absolute atomic E-state index is 11.1. The van der Waals surface area contributed by atoms with Gasteiger partial charge in [0.2, 0.25) is 0 Å². The number of halogens is 2. The van der Waals surface area contributed by atoms with Crippen LogP contribution >= 0.6 is 23.2 Å². The van der Waals surface area contributed by atoms with Crippen LogP contribution in [0, 0.1) is 0 Å². The summed E-state index contributed by atoms with van der Waals surface area (Å²) < 4.78 is 0. The molecule has 0 saturated carbocycles. The molecule has 0 aliphatic rings. The molecule has 0 radical (unpaired) electrons. The van der Waals surface area contributed by atoms with Crippen molar-refractivity contribution < 1.29 is 14.7 Å². The molecular formula is C10H8Cl2N2O3. The van der Waals surface area contributed by atoms with Crippen LogP contribution in [0.4, 0.5) is 5.69 Å². The zero-order valence-electron chi connectivity index (χ0n) is 8.41. The van der Waals surface area contributed by atoms with E-state index in [4.69, 9.17) is 28.3 Å². The summed E-state index contributed by atoms with van der Waals surface area (Å²) in [6, 6.07) is 4.67. The highest BCUT2D eigenvalue weighted by Gasteiger charge is 2.01. The van der Waals surface area contributed by atoms with Gasteiger partial charge in [-0.05, 0) is 18.2 Å². The fourth-order valence-electron chi connectivity index (χ4n) is 0.908. The third-order valence-electron chi connectivity index (χ3n) is 1.63. The molecule has 0 spiro atoms. The van der Waals surface area contributed by atoms with Gasteiger partial charge in [0.05, 0.1) is 10.7 Å². The minimum absolute atomic E-state index is 0.333. The largest absolute Gasteiger partial charge is 0.478 e. The van der Waals surface area contributed by atoms with Crippen LogP contribution in [-0.4, -0.2) is 17.0 Å². The molecule has 0 bridgehead atoms. The lowest BCUT2D eigenvalue weighted by Crippen LogP contribution is -2.27. The molecule has 0 atom stereocenters. The van der Waals surface area contributed by atoms with Crippen molar-refractivity contribution in [1.82, 2.24) is 5.43 Å². The third-order valence-corrected chi connectivity index (χ3v) is 2.18. The summed E-state index contributed by atoms with van der Waals surface area (Å²) in [4.78, 5) is 21.3. The number of rotatable bonds is 4. The molecule has 0 aromatic heterocycles. The second kappa shape index (κ2) is 6.12. The molecule has 7 heteroatoms. The Morgan fingerprint density at radius 1 is 1.24 bits per heavy atom. The number of carbonyl (C=O) groups is 2. The highest BCUT2D eigenvalue weighted by atomic mass is 35.5. The summed E-state index contributed by atoms with van der Waals surface area (Å²) >= 11 is 11.5. The first-order valence-corrected chi connectivity index (χ1v) is 5.16. The summed E-state index contributed by atoms with van der Waals surface area (Å²) in [5, 5.41) is 9.10. The van der Waals surface area contributed by atoms with Crippen molar-refractivity contribution in [3.63, 3.8) is 0 Å². The standard InChI is InChI=1S/C10H8Cl2N2O3/c11-6-1-2-8(7(12)5-6)13-14-9(15)3-4-10(16)17/h1-5,13H,(H,14,15)(H,16,17). The number of amides is 1.